The number of ketones is 1. The van der Waals surface area contributed by atoms with E-state index in [9.17, 15) is 9.59 Å². The highest BCUT2D eigenvalue weighted by Gasteiger charge is 2.28. The average molecular weight is 372 g/mol. The Hall–Kier alpha value is -1.60. The number of aromatic nitrogens is 2. The maximum atomic E-state index is 10.5. The topological polar surface area (TPSA) is 210 Å². The van der Waals surface area contributed by atoms with Crippen molar-refractivity contribution in [1.29, 1.82) is 0 Å². The fourth-order valence-corrected chi connectivity index (χ4v) is 1.32. The van der Waals surface area contributed by atoms with E-state index >= 15 is 0 Å². The molecule has 4 atom stereocenters. The highest BCUT2D eigenvalue weighted by atomic mass is 35.5. The molecule has 140 valence electrons. The molecule has 0 aliphatic heterocycles. The van der Waals surface area contributed by atoms with Gasteiger partial charge in [0.15, 0.2) is 5.78 Å². The summed E-state index contributed by atoms with van der Waals surface area (Å²) in [4.78, 5) is 27.3. The van der Waals surface area contributed by atoms with Crippen molar-refractivity contribution in [3.63, 3.8) is 0 Å². The molecular formula is C12H22ClN3O8. The SMILES string of the molecule is Cl.NC(Cc1cnc[nH]1)C(=O)O.O=C(CO)[C@H](O)[C@@H](O)[C@H](O)CO. The summed E-state index contributed by atoms with van der Waals surface area (Å²) >= 11 is 0. The lowest BCUT2D eigenvalue weighted by atomic mass is 10.1. The Morgan fingerprint density at radius 2 is 1.83 bits per heavy atom. The highest BCUT2D eigenvalue weighted by molar-refractivity contribution is 5.85. The number of aliphatic hydroxyl groups is 5. The molecule has 12 heteroatoms. The Labute approximate surface area is 143 Å². The number of halogens is 1. The van der Waals surface area contributed by atoms with E-state index in [1.54, 1.807) is 6.20 Å². The third-order valence-corrected chi connectivity index (χ3v) is 2.70. The molecule has 9 N–H and O–H groups in total. The Kier molecular flexibility index (Phi) is 13.1. The second-order valence-corrected chi connectivity index (χ2v) is 4.54. The molecule has 0 bridgehead atoms. The molecule has 1 unspecified atom stereocenters. The van der Waals surface area contributed by atoms with Gasteiger partial charge in [-0.3, -0.25) is 9.59 Å². The van der Waals surface area contributed by atoms with Gasteiger partial charge in [-0.05, 0) is 0 Å². The molecule has 0 aliphatic rings. The predicted molar refractivity (Wildman–Crippen MR) is 82.3 cm³/mol. The van der Waals surface area contributed by atoms with Crippen molar-refractivity contribution in [2.75, 3.05) is 13.2 Å². The molecule has 0 saturated carbocycles. The van der Waals surface area contributed by atoms with Crippen LogP contribution in [0, 0.1) is 0 Å². The molecule has 1 heterocycles. The second-order valence-electron chi connectivity index (χ2n) is 4.54. The van der Waals surface area contributed by atoms with Gasteiger partial charge in [0.05, 0.1) is 12.9 Å². The van der Waals surface area contributed by atoms with Crippen molar-refractivity contribution in [3.05, 3.63) is 18.2 Å². The largest absolute Gasteiger partial charge is 0.480 e. The highest BCUT2D eigenvalue weighted by Crippen LogP contribution is 2.00. The third kappa shape index (κ3) is 8.88. The van der Waals surface area contributed by atoms with Gasteiger partial charge >= 0.3 is 5.97 Å². The zero-order valence-electron chi connectivity index (χ0n) is 12.5. The third-order valence-electron chi connectivity index (χ3n) is 2.70. The van der Waals surface area contributed by atoms with Crippen molar-refractivity contribution in [2.45, 2.75) is 30.8 Å². The van der Waals surface area contributed by atoms with Crippen LogP contribution in [0.3, 0.4) is 0 Å². The van der Waals surface area contributed by atoms with Crippen molar-refractivity contribution in [1.82, 2.24) is 9.97 Å². The quantitative estimate of drug-likeness (QED) is 0.225. The first-order valence-corrected chi connectivity index (χ1v) is 6.48. The molecular weight excluding hydrogens is 350 g/mol. The summed E-state index contributed by atoms with van der Waals surface area (Å²) in [5.41, 5.74) is 6.00. The maximum Gasteiger partial charge on any atom is 0.320 e. The van der Waals surface area contributed by atoms with Gasteiger partial charge in [0, 0.05) is 18.3 Å². The number of Topliss-reactive ketones (excluding diaryl/α,β-unsaturated/α-hetero) is 1. The van der Waals surface area contributed by atoms with E-state index in [2.05, 4.69) is 9.97 Å². The van der Waals surface area contributed by atoms with E-state index in [1.165, 1.54) is 6.33 Å². The van der Waals surface area contributed by atoms with E-state index in [-0.39, 0.29) is 18.8 Å². The van der Waals surface area contributed by atoms with Gasteiger partial charge in [-0.25, -0.2) is 4.98 Å². The lowest BCUT2D eigenvalue weighted by molar-refractivity contribution is -0.142. The number of carboxylic acids is 1. The summed E-state index contributed by atoms with van der Waals surface area (Å²) in [6.45, 7) is -1.69. The van der Waals surface area contributed by atoms with E-state index in [0.717, 1.165) is 5.69 Å². The molecule has 0 fully saturated rings. The normalized spacial score (nSPS) is 15.1. The smallest absolute Gasteiger partial charge is 0.320 e. The van der Waals surface area contributed by atoms with Crippen LogP contribution in [-0.4, -0.2) is 89.9 Å². The number of nitrogens with zero attached hydrogens (tertiary/aromatic N) is 1. The fraction of sp³-hybridized carbons (Fsp3) is 0.583. The zero-order valence-corrected chi connectivity index (χ0v) is 13.3. The molecule has 0 aliphatic carbocycles. The zero-order chi connectivity index (χ0) is 18.0. The number of rotatable bonds is 8. The molecule has 1 rings (SSSR count). The minimum atomic E-state index is -1.86. The number of aliphatic hydroxyl groups excluding tert-OH is 5. The van der Waals surface area contributed by atoms with Gasteiger partial charge in [0.1, 0.15) is 31.0 Å². The number of nitrogens with two attached hydrogens (primary N) is 1. The average Bonchev–Trinajstić information content (AvgIpc) is 3.05. The summed E-state index contributed by atoms with van der Waals surface area (Å²) in [6.07, 6.45) is -1.88. The van der Waals surface area contributed by atoms with Crippen LogP contribution in [0.2, 0.25) is 0 Å². The van der Waals surface area contributed by atoms with Gasteiger partial charge in [-0.15, -0.1) is 12.4 Å². The summed E-state index contributed by atoms with van der Waals surface area (Å²) in [5, 5.41) is 51.5. The first-order chi connectivity index (χ1) is 10.7. The number of H-pyrrole nitrogens is 1. The molecule has 1 aromatic rings. The first kappa shape index (κ1) is 24.6. The number of nitrogens with one attached hydrogen (secondary N) is 1. The van der Waals surface area contributed by atoms with E-state index in [4.69, 9.17) is 36.4 Å². The number of carboxylic acid groups (broad SMARTS) is 1. The summed E-state index contributed by atoms with van der Waals surface area (Å²) in [5.74, 6) is -2.00. The first-order valence-electron chi connectivity index (χ1n) is 6.48. The molecule has 0 aromatic carbocycles. The van der Waals surface area contributed by atoms with E-state index < -0.39 is 49.3 Å². The second kappa shape index (κ2) is 12.8. The van der Waals surface area contributed by atoms with Crippen LogP contribution >= 0.6 is 12.4 Å². The standard InChI is InChI=1S/C6H9N3O2.C6H12O6.ClH/c7-5(6(10)11)1-4-2-8-3-9-4;7-1-3(9)5(11)6(12)4(10)2-8;/h2-3,5H,1,7H2,(H,8,9)(H,10,11);3,5-9,11-12H,1-2H2;1H/t;3-,5+,6+;/m.1./s1. The van der Waals surface area contributed by atoms with Crippen LogP contribution in [0.1, 0.15) is 5.69 Å². The Morgan fingerprint density at radius 3 is 2.21 bits per heavy atom. The van der Waals surface area contributed by atoms with Crippen LogP contribution in [0.4, 0.5) is 0 Å². The minimum absolute atomic E-state index is 0. The number of aromatic amines is 1. The van der Waals surface area contributed by atoms with Gasteiger partial charge < -0.3 is 41.4 Å². The number of carbonyl (C=O) groups excluding carboxylic acids is 1. The van der Waals surface area contributed by atoms with E-state index in [0.29, 0.717) is 0 Å². The van der Waals surface area contributed by atoms with Crippen molar-refractivity contribution in [2.24, 2.45) is 5.73 Å². The summed E-state index contributed by atoms with van der Waals surface area (Å²) in [6, 6.07) is -0.851. The number of aliphatic carboxylic acids is 1. The molecule has 0 spiro atoms. The molecule has 0 amide bonds. The van der Waals surface area contributed by atoms with Crippen LogP contribution < -0.4 is 5.73 Å². The van der Waals surface area contributed by atoms with Gasteiger partial charge in [-0.2, -0.15) is 0 Å². The Balaban J connectivity index is 0. The lowest BCUT2D eigenvalue weighted by Crippen LogP contribution is -2.44. The molecule has 11 nitrogen and oxygen atoms in total. The van der Waals surface area contributed by atoms with E-state index in [1.807, 2.05) is 0 Å². The van der Waals surface area contributed by atoms with Gasteiger partial charge in [-0.1, -0.05) is 0 Å². The van der Waals surface area contributed by atoms with Crippen LogP contribution in [0.15, 0.2) is 12.5 Å². The van der Waals surface area contributed by atoms with Crippen molar-refractivity contribution in [3.8, 4) is 0 Å². The lowest BCUT2D eigenvalue weighted by Gasteiger charge is -2.19. The number of carbonyl (C=O) groups is 2. The van der Waals surface area contributed by atoms with Crippen molar-refractivity contribution >= 4 is 24.2 Å². The Morgan fingerprint density at radius 1 is 1.25 bits per heavy atom. The molecule has 24 heavy (non-hydrogen) atoms. The van der Waals surface area contributed by atoms with Gasteiger partial charge in [0.2, 0.25) is 0 Å². The fourth-order valence-electron chi connectivity index (χ4n) is 1.32. The molecule has 1 aromatic heterocycles. The number of imidazole rings is 1. The summed E-state index contributed by atoms with van der Waals surface area (Å²) < 4.78 is 0. The van der Waals surface area contributed by atoms with Crippen LogP contribution in [0.5, 0.6) is 0 Å². The number of hydrogen-bond donors (Lipinski definition) is 8. The monoisotopic (exact) mass is 371 g/mol. The van der Waals surface area contributed by atoms with Crippen molar-refractivity contribution < 1.29 is 40.2 Å². The number of hydrogen-bond acceptors (Lipinski definition) is 9. The van der Waals surface area contributed by atoms with Crippen LogP contribution in [-0.2, 0) is 16.0 Å². The molecule has 0 saturated heterocycles. The Bertz CT molecular complexity index is 473. The maximum absolute atomic E-state index is 10.5. The minimum Gasteiger partial charge on any atom is -0.480 e. The molecule has 0 radical (unpaired) electrons. The summed E-state index contributed by atoms with van der Waals surface area (Å²) in [7, 11) is 0. The predicted octanol–water partition coefficient (Wildman–Crippen LogP) is -3.59. The van der Waals surface area contributed by atoms with Crippen LogP contribution in [0.25, 0.3) is 0 Å². The van der Waals surface area contributed by atoms with Gasteiger partial charge in [0.25, 0.3) is 0 Å².